The summed E-state index contributed by atoms with van der Waals surface area (Å²) in [4.78, 5) is 2.37. The second kappa shape index (κ2) is 6.87. The lowest BCUT2D eigenvalue weighted by Gasteiger charge is -2.26. The Balaban J connectivity index is 1.89. The second-order valence-electron chi connectivity index (χ2n) is 5.11. The van der Waals surface area contributed by atoms with Crippen LogP contribution in [0.15, 0.2) is 18.2 Å². The number of ether oxygens (including phenoxy) is 1. The van der Waals surface area contributed by atoms with Crippen molar-refractivity contribution < 1.29 is 14.2 Å². The Labute approximate surface area is 114 Å². The molecule has 0 radical (unpaired) electrons. The number of hydrogen-bond acceptors (Lipinski definition) is 3. The molecule has 19 heavy (non-hydrogen) atoms. The summed E-state index contributed by atoms with van der Waals surface area (Å²) in [6.45, 7) is 5.29. The van der Waals surface area contributed by atoms with Gasteiger partial charge in [0.15, 0.2) is 0 Å². The number of rotatable bonds is 5. The van der Waals surface area contributed by atoms with E-state index in [4.69, 9.17) is 4.74 Å². The predicted octanol–water partition coefficient (Wildman–Crippen LogP) is 2.74. The van der Waals surface area contributed by atoms with Crippen molar-refractivity contribution in [3.8, 4) is 5.75 Å². The van der Waals surface area contributed by atoms with Crippen LogP contribution in [0, 0.1) is 5.82 Å². The minimum Gasteiger partial charge on any atom is -0.492 e. The number of aliphatic hydroxyl groups excluding tert-OH is 1. The fourth-order valence-electron chi connectivity index (χ4n) is 2.45. The van der Waals surface area contributed by atoms with E-state index < -0.39 is 6.10 Å². The first-order valence-corrected chi connectivity index (χ1v) is 6.99. The maximum atomic E-state index is 13.2. The lowest BCUT2D eigenvalue weighted by atomic mass is 10.1. The Hall–Kier alpha value is -1.13. The molecule has 0 spiro atoms. The molecule has 3 nitrogen and oxygen atoms in total. The molecule has 1 aliphatic heterocycles. The van der Waals surface area contributed by atoms with Crippen LogP contribution >= 0.6 is 0 Å². The molecular weight excluding hydrogens is 245 g/mol. The zero-order chi connectivity index (χ0) is 13.7. The van der Waals surface area contributed by atoms with Crippen molar-refractivity contribution in [3.05, 3.63) is 29.6 Å². The molecule has 2 rings (SSSR count). The van der Waals surface area contributed by atoms with Crippen LogP contribution in [0.3, 0.4) is 0 Å². The van der Waals surface area contributed by atoms with Crippen LogP contribution in [0.2, 0.25) is 0 Å². The van der Waals surface area contributed by atoms with Gasteiger partial charge in [-0.05, 0) is 45.0 Å². The highest BCUT2D eigenvalue weighted by atomic mass is 19.1. The number of hydrogen-bond donors (Lipinski definition) is 1. The van der Waals surface area contributed by atoms with Gasteiger partial charge in [0.25, 0.3) is 0 Å². The van der Waals surface area contributed by atoms with Crippen LogP contribution in [-0.4, -0.2) is 36.2 Å². The normalized spacial score (nSPS) is 18.3. The van der Waals surface area contributed by atoms with Crippen LogP contribution in [-0.2, 0) is 0 Å². The average Bonchev–Trinajstić information content (AvgIpc) is 2.39. The quantitative estimate of drug-likeness (QED) is 0.890. The van der Waals surface area contributed by atoms with E-state index in [0.717, 1.165) is 19.6 Å². The smallest absolute Gasteiger partial charge is 0.128 e. The van der Waals surface area contributed by atoms with Crippen LogP contribution in [0.1, 0.15) is 37.9 Å². The van der Waals surface area contributed by atoms with E-state index in [2.05, 4.69) is 4.90 Å². The van der Waals surface area contributed by atoms with Gasteiger partial charge in [-0.1, -0.05) is 6.42 Å². The lowest BCUT2D eigenvalue weighted by molar-refractivity contribution is 0.171. The van der Waals surface area contributed by atoms with Crippen molar-refractivity contribution >= 4 is 0 Å². The van der Waals surface area contributed by atoms with Crippen LogP contribution in [0.5, 0.6) is 5.75 Å². The Morgan fingerprint density at radius 1 is 1.32 bits per heavy atom. The molecule has 0 saturated carbocycles. The molecule has 1 aliphatic rings. The fraction of sp³-hybridized carbons (Fsp3) is 0.600. The monoisotopic (exact) mass is 267 g/mol. The predicted molar refractivity (Wildman–Crippen MR) is 72.8 cm³/mol. The molecular formula is C15H22FNO2. The maximum absolute atomic E-state index is 13.2. The summed E-state index contributed by atoms with van der Waals surface area (Å²) in [5, 5.41) is 9.63. The Bertz CT molecular complexity index is 403. The van der Waals surface area contributed by atoms with Gasteiger partial charge in [0.05, 0.1) is 6.10 Å². The summed E-state index contributed by atoms with van der Waals surface area (Å²) in [6.07, 6.45) is 3.16. The molecule has 1 aromatic rings. The summed E-state index contributed by atoms with van der Waals surface area (Å²) < 4.78 is 18.9. The standard InChI is InChI=1S/C15H22FNO2/c1-12(18)14-6-5-13(16)11-15(14)19-10-9-17-7-3-2-4-8-17/h5-6,11-12,18H,2-4,7-10H2,1H3. The average molecular weight is 267 g/mol. The molecule has 106 valence electrons. The van der Waals surface area contributed by atoms with Crippen molar-refractivity contribution in [2.45, 2.75) is 32.3 Å². The summed E-state index contributed by atoms with van der Waals surface area (Å²) in [6, 6.07) is 4.27. The summed E-state index contributed by atoms with van der Waals surface area (Å²) in [5.41, 5.74) is 0.639. The molecule has 0 amide bonds. The highest BCUT2D eigenvalue weighted by molar-refractivity contribution is 5.35. The lowest BCUT2D eigenvalue weighted by Crippen LogP contribution is -2.33. The molecule has 0 aromatic heterocycles. The van der Waals surface area contributed by atoms with Crippen LogP contribution in [0.4, 0.5) is 4.39 Å². The van der Waals surface area contributed by atoms with E-state index in [0.29, 0.717) is 17.9 Å². The third kappa shape index (κ3) is 4.18. The number of nitrogens with zero attached hydrogens (tertiary/aromatic N) is 1. The molecule has 0 bridgehead atoms. The topological polar surface area (TPSA) is 32.7 Å². The van der Waals surface area contributed by atoms with Gasteiger partial charge in [0.2, 0.25) is 0 Å². The Morgan fingerprint density at radius 2 is 2.05 bits per heavy atom. The minimum absolute atomic E-state index is 0.336. The number of likely N-dealkylation sites (tertiary alicyclic amines) is 1. The SMILES string of the molecule is CC(O)c1ccc(F)cc1OCCN1CCCCC1. The minimum atomic E-state index is -0.648. The highest BCUT2D eigenvalue weighted by Gasteiger charge is 2.12. The van der Waals surface area contributed by atoms with Gasteiger partial charge < -0.3 is 9.84 Å². The number of benzene rings is 1. The largest absolute Gasteiger partial charge is 0.492 e. The van der Waals surface area contributed by atoms with Gasteiger partial charge in [0, 0.05) is 18.2 Å². The van der Waals surface area contributed by atoms with Gasteiger partial charge in [-0.15, -0.1) is 0 Å². The highest BCUT2D eigenvalue weighted by Crippen LogP contribution is 2.26. The van der Waals surface area contributed by atoms with E-state index in [9.17, 15) is 9.50 Å². The van der Waals surface area contributed by atoms with Gasteiger partial charge in [-0.25, -0.2) is 4.39 Å². The van der Waals surface area contributed by atoms with Gasteiger partial charge >= 0.3 is 0 Å². The van der Waals surface area contributed by atoms with Crippen molar-refractivity contribution in [1.29, 1.82) is 0 Å². The first kappa shape index (κ1) is 14.3. The molecule has 1 unspecified atom stereocenters. The van der Waals surface area contributed by atoms with E-state index in [1.807, 2.05) is 0 Å². The first-order chi connectivity index (χ1) is 9.16. The second-order valence-corrected chi connectivity index (χ2v) is 5.11. The fourth-order valence-corrected chi connectivity index (χ4v) is 2.45. The summed E-state index contributed by atoms with van der Waals surface area (Å²) >= 11 is 0. The van der Waals surface area contributed by atoms with E-state index in [1.54, 1.807) is 13.0 Å². The zero-order valence-corrected chi connectivity index (χ0v) is 11.4. The first-order valence-electron chi connectivity index (χ1n) is 6.99. The van der Waals surface area contributed by atoms with Crippen LogP contribution < -0.4 is 4.74 Å². The molecule has 0 aliphatic carbocycles. The Morgan fingerprint density at radius 3 is 2.74 bits per heavy atom. The number of piperidine rings is 1. The summed E-state index contributed by atoms with van der Waals surface area (Å²) in [5.74, 6) is 0.115. The van der Waals surface area contributed by atoms with Crippen molar-refractivity contribution in [3.63, 3.8) is 0 Å². The third-order valence-corrected chi connectivity index (χ3v) is 3.54. The zero-order valence-electron chi connectivity index (χ0n) is 11.4. The van der Waals surface area contributed by atoms with Crippen molar-refractivity contribution in [2.75, 3.05) is 26.2 Å². The summed E-state index contributed by atoms with van der Waals surface area (Å²) in [7, 11) is 0. The van der Waals surface area contributed by atoms with Crippen LogP contribution in [0.25, 0.3) is 0 Å². The molecule has 4 heteroatoms. The van der Waals surface area contributed by atoms with Crippen molar-refractivity contribution in [2.24, 2.45) is 0 Å². The Kier molecular flexibility index (Phi) is 5.16. The molecule has 1 fully saturated rings. The third-order valence-electron chi connectivity index (χ3n) is 3.54. The molecule has 1 aromatic carbocycles. The van der Waals surface area contributed by atoms with Gasteiger partial charge in [0.1, 0.15) is 18.2 Å². The molecule has 1 atom stereocenters. The van der Waals surface area contributed by atoms with E-state index >= 15 is 0 Å². The molecule has 1 N–H and O–H groups in total. The maximum Gasteiger partial charge on any atom is 0.128 e. The van der Waals surface area contributed by atoms with Gasteiger partial charge in [-0.2, -0.15) is 0 Å². The molecule has 1 heterocycles. The number of halogens is 1. The van der Waals surface area contributed by atoms with Crippen molar-refractivity contribution in [1.82, 2.24) is 4.90 Å². The number of aliphatic hydroxyl groups is 1. The van der Waals surface area contributed by atoms with E-state index in [-0.39, 0.29) is 5.82 Å². The molecule has 1 saturated heterocycles. The van der Waals surface area contributed by atoms with E-state index in [1.165, 1.54) is 31.4 Å². The van der Waals surface area contributed by atoms with Gasteiger partial charge in [-0.3, -0.25) is 4.90 Å².